The molecule has 0 heterocycles. The SMILES string of the molecule is CC(C)(C)CCOCC(N)c1ccc2ccccc2c1. The second-order valence-electron chi connectivity index (χ2n) is 6.60. The van der Waals surface area contributed by atoms with Crippen molar-refractivity contribution in [2.24, 2.45) is 11.1 Å². The maximum atomic E-state index is 6.21. The van der Waals surface area contributed by atoms with Crippen LogP contribution in [0.5, 0.6) is 0 Å². The van der Waals surface area contributed by atoms with Gasteiger partial charge in [0.2, 0.25) is 0 Å². The molecular weight excluding hydrogens is 246 g/mol. The van der Waals surface area contributed by atoms with E-state index in [2.05, 4.69) is 63.2 Å². The molecule has 2 rings (SSSR count). The van der Waals surface area contributed by atoms with E-state index in [0.29, 0.717) is 12.0 Å². The van der Waals surface area contributed by atoms with Crippen molar-refractivity contribution >= 4 is 10.8 Å². The lowest BCUT2D eigenvalue weighted by Crippen LogP contribution is -2.19. The second kappa shape index (κ2) is 6.38. The van der Waals surface area contributed by atoms with Gasteiger partial charge in [-0.05, 0) is 34.2 Å². The number of benzene rings is 2. The predicted molar refractivity (Wildman–Crippen MR) is 85.8 cm³/mol. The van der Waals surface area contributed by atoms with E-state index in [1.807, 2.05) is 0 Å². The summed E-state index contributed by atoms with van der Waals surface area (Å²) in [4.78, 5) is 0. The predicted octanol–water partition coefficient (Wildman–Crippen LogP) is 4.29. The molecule has 0 aliphatic carbocycles. The van der Waals surface area contributed by atoms with Gasteiger partial charge in [0.25, 0.3) is 0 Å². The maximum Gasteiger partial charge on any atom is 0.0659 e. The quantitative estimate of drug-likeness (QED) is 0.823. The number of rotatable bonds is 5. The van der Waals surface area contributed by atoms with Crippen molar-refractivity contribution in [3.8, 4) is 0 Å². The Hall–Kier alpha value is -1.38. The van der Waals surface area contributed by atoms with Gasteiger partial charge < -0.3 is 10.5 Å². The van der Waals surface area contributed by atoms with Crippen LogP contribution in [0, 0.1) is 5.41 Å². The Morgan fingerprint density at radius 2 is 1.75 bits per heavy atom. The van der Waals surface area contributed by atoms with Crippen molar-refractivity contribution in [2.45, 2.75) is 33.2 Å². The second-order valence-corrected chi connectivity index (χ2v) is 6.60. The van der Waals surface area contributed by atoms with E-state index in [0.717, 1.165) is 18.6 Å². The standard InChI is InChI=1S/C18H25NO/c1-18(2,3)10-11-20-13-17(19)16-9-8-14-6-4-5-7-15(14)12-16/h4-9,12,17H,10-11,13,19H2,1-3H3. The van der Waals surface area contributed by atoms with Gasteiger partial charge in [0.1, 0.15) is 0 Å². The highest BCUT2D eigenvalue weighted by Gasteiger charge is 2.11. The fourth-order valence-corrected chi connectivity index (χ4v) is 2.12. The largest absolute Gasteiger partial charge is 0.379 e. The average molecular weight is 271 g/mol. The first-order valence-corrected chi connectivity index (χ1v) is 7.28. The third-order valence-electron chi connectivity index (χ3n) is 3.50. The molecule has 2 aromatic carbocycles. The minimum Gasteiger partial charge on any atom is -0.379 e. The highest BCUT2D eigenvalue weighted by atomic mass is 16.5. The van der Waals surface area contributed by atoms with E-state index < -0.39 is 0 Å². The third-order valence-corrected chi connectivity index (χ3v) is 3.50. The molecule has 2 nitrogen and oxygen atoms in total. The monoisotopic (exact) mass is 271 g/mol. The van der Waals surface area contributed by atoms with Crippen LogP contribution in [0.15, 0.2) is 42.5 Å². The van der Waals surface area contributed by atoms with Crippen LogP contribution in [0.3, 0.4) is 0 Å². The number of hydrogen-bond acceptors (Lipinski definition) is 2. The van der Waals surface area contributed by atoms with Crippen LogP contribution in [-0.2, 0) is 4.74 Å². The van der Waals surface area contributed by atoms with Crippen LogP contribution in [-0.4, -0.2) is 13.2 Å². The molecule has 0 aromatic heterocycles. The van der Waals surface area contributed by atoms with Gasteiger partial charge in [-0.25, -0.2) is 0 Å². The molecule has 108 valence electrons. The van der Waals surface area contributed by atoms with Gasteiger partial charge >= 0.3 is 0 Å². The first-order chi connectivity index (χ1) is 9.46. The summed E-state index contributed by atoms with van der Waals surface area (Å²) in [7, 11) is 0. The summed E-state index contributed by atoms with van der Waals surface area (Å²) in [6.07, 6.45) is 1.05. The Labute approximate surface area is 121 Å². The van der Waals surface area contributed by atoms with Crippen molar-refractivity contribution in [3.63, 3.8) is 0 Å². The van der Waals surface area contributed by atoms with E-state index in [-0.39, 0.29) is 6.04 Å². The zero-order chi connectivity index (χ0) is 14.6. The highest BCUT2D eigenvalue weighted by molar-refractivity contribution is 5.83. The number of fused-ring (bicyclic) bond motifs is 1. The number of ether oxygens (including phenoxy) is 1. The minimum absolute atomic E-state index is 0.0559. The normalized spacial score (nSPS) is 13.6. The molecule has 0 amide bonds. The van der Waals surface area contributed by atoms with E-state index in [9.17, 15) is 0 Å². The molecule has 0 aliphatic heterocycles. The van der Waals surface area contributed by atoms with Gasteiger partial charge in [0.15, 0.2) is 0 Å². The van der Waals surface area contributed by atoms with Crippen molar-refractivity contribution in [3.05, 3.63) is 48.0 Å². The van der Waals surface area contributed by atoms with Crippen LogP contribution in [0.2, 0.25) is 0 Å². The Bertz CT molecular complexity index is 557. The first kappa shape index (κ1) is 15.0. The van der Waals surface area contributed by atoms with Crippen molar-refractivity contribution in [1.82, 2.24) is 0 Å². The van der Waals surface area contributed by atoms with Gasteiger partial charge in [-0.1, -0.05) is 57.2 Å². The maximum absolute atomic E-state index is 6.21. The van der Waals surface area contributed by atoms with Crippen molar-refractivity contribution in [2.75, 3.05) is 13.2 Å². The fourth-order valence-electron chi connectivity index (χ4n) is 2.12. The molecule has 2 N–H and O–H groups in total. The smallest absolute Gasteiger partial charge is 0.0659 e. The molecule has 0 saturated carbocycles. The summed E-state index contributed by atoms with van der Waals surface area (Å²) < 4.78 is 5.71. The molecule has 2 heteroatoms. The van der Waals surface area contributed by atoms with Gasteiger partial charge in [0, 0.05) is 6.61 Å². The van der Waals surface area contributed by atoms with Crippen LogP contribution in [0.25, 0.3) is 10.8 Å². The summed E-state index contributed by atoms with van der Waals surface area (Å²) in [6, 6.07) is 14.7. The molecule has 20 heavy (non-hydrogen) atoms. The molecule has 0 fully saturated rings. The van der Waals surface area contributed by atoms with Gasteiger partial charge in [-0.3, -0.25) is 0 Å². The molecular formula is C18H25NO. The van der Waals surface area contributed by atoms with Gasteiger partial charge in [-0.15, -0.1) is 0 Å². The fraction of sp³-hybridized carbons (Fsp3) is 0.444. The molecule has 0 radical (unpaired) electrons. The minimum atomic E-state index is -0.0559. The molecule has 0 bridgehead atoms. The van der Waals surface area contributed by atoms with Crippen LogP contribution in [0.1, 0.15) is 38.8 Å². The molecule has 0 saturated heterocycles. The summed E-state index contributed by atoms with van der Waals surface area (Å²) in [6.45, 7) is 8.01. The van der Waals surface area contributed by atoms with E-state index in [1.165, 1.54) is 10.8 Å². The lowest BCUT2D eigenvalue weighted by Gasteiger charge is -2.19. The average Bonchev–Trinajstić information content (AvgIpc) is 2.42. The van der Waals surface area contributed by atoms with Crippen molar-refractivity contribution in [1.29, 1.82) is 0 Å². The highest BCUT2D eigenvalue weighted by Crippen LogP contribution is 2.21. The van der Waals surface area contributed by atoms with Crippen LogP contribution in [0.4, 0.5) is 0 Å². The Kier molecular flexibility index (Phi) is 4.79. The molecule has 0 spiro atoms. The van der Waals surface area contributed by atoms with Gasteiger partial charge in [0.05, 0.1) is 12.6 Å². The van der Waals surface area contributed by atoms with E-state index >= 15 is 0 Å². The molecule has 0 aliphatic rings. The lowest BCUT2D eigenvalue weighted by atomic mass is 9.93. The molecule has 1 unspecified atom stereocenters. The number of hydrogen-bond donors (Lipinski definition) is 1. The first-order valence-electron chi connectivity index (χ1n) is 7.28. The molecule has 1 atom stereocenters. The lowest BCUT2D eigenvalue weighted by molar-refractivity contribution is 0.0975. The summed E-state index contributed by atoms with van der Waals surface area (Å²) in [5, 5.41) is 2.48. The summed E-state index contributed by atoms with van der Waals surface area (Å²) in [5.74, 6) is 0. The molecule has 2 aromatic rings. The summed E-state index contributed by atoms with van der Waals surface area (Å²) in [5.41, 5.74) is 7.66. The van der Waals surface area contributed by atoms with E-state index in [1.54, 1.807) is 0 Å². The van der Waals surface area contributed by atoms with Crippen molar-refractivity contribution < 1.29 is 4.74 Å². The van der Waals surface area contributed by atoms with E-state index in [4.69, 9.17) is 10.5 Å². The Morgan fingerprint density at radius 1 is 1.05 bits per heavy atom. The topological polar surface area (TPSA) is 35.2 Å². The zero-order valence-corrected chi connectivity index (χ0v) is 12.7. The van der Waals surface area contributed by atoms with Crippen LogP contribution >= 0.6 is 0 Å². The summed E-state index contributed by atoms with van der Waals surface area (Å²) >= 11 is 0. The number of nitrogens with two attached hydrogens (primary N) is 1. The van der Waals surface area contributed by atoms with Crippen LogP contribution < -0.4 is 5.73 Å². The Morgan fingerprint density at radius 3 is 2.45 bits per heavy atom. The third kappa shape index (κ3) is 4.32. The zero-order valence-electron chi connectivity index (χ0n) is 12.7. The van der Waals surface area contributed by atoms with Gasteiger partial charge in [-0.2, -0.15) is 0 Å². The Balaban J connectivity index is 1.92.